The van der Waals surface area contributed by atoms with E-state index < -0.39 is 0 Å². The summed E-state index contributed by atoms with van der Waals surface area (Å²) in [6.45, 7) is 7.61. The third-order valence-corrected chi connectivity index (χ3v) is 10.0. The van der Waals surface area contributed by atoms with E-state index in [9.17, 15) is 0 Å². The molecule has 0 radical (unpaired) electrons. The van der Waals surface area contributed by atoms with E-state index in [0.29, 0.717) is 0 Å². The molecule has 0 bridgehead atoms. The summed E-state index contributed by atoms with van der Waals surface area (Å²) in [6, 6.07) is 0. The standard InChI is InChI=1S/C13H25NS/c1-4-6-7-8-14-9-10-11-12(10)15(3,5-2)13(11)14/h10-13H,4-9H2,1-3H3. The average molecular weight is 227 g/mol. The summed E-state index contributed by atoms with van der Waals surface area (Å²) >= 11 is 0. The second-order valence-corrected chi connectivity index (χ2v) is 9.88. The predicted molar refractivity (Wildman–Crippen MR) is 69.7 cm³/mol. The highest BCUT2D eigenvalue weighted by Crippen LogP contribution is 2.85. The largest absolute Gasteiger partial charge is 0.292 e. The maximum atomic E-state index is 2.86. The Kier molecular flexibility index (Phi) is 2.37. The highest BCUT2D eigenvalue weighted by atomic mass is 32.3. The number of fused-ring (bicyclic) bond motifs is 1. The van der Waals surface area contributed by atoms with Crippen LogP contribution >= 0.6 is 10.0 Å². The van der Waals surface area contributed by atoms with Gasteiger partial charge in [0.25, 0.3) is 0 Å². The molecule has 0 aromatic rings. The maximum Gasteiger partial charge on any atom is 0.0446 e. The minimum atomic E-state index is -0.183. The van der Waals surface area contributed by atoms with Crippen molar-refractivity contribution < 1.29 is 0 Å². The molecule has 3 fully saturated rings. The second-order valence-electron chi connectivity index (χ2n) is 5.82. The molecule has 2 saturated heterocycles. The normalized spacial score (nSPS) is 55.7. The first-order chi connectivity index (χ1) is 7.24. The van der Waals surface area contributed by atoms with Crippen LogP contribution in [0.1, 0.15) is 33.1 Å². The minimum absolute atomic E-state index is 0.183. The van der Waals surface area contributed by atoms with Gasteiger partial charge in [-0.25, -0.2) is 10.0 Å². The van der Waals surface area contributed by atoms with Gasteiger partial charge in [-0.15, -0.1) is 0 Å². The zero-order valence-electron chi connectivity index (χ0n) is 10.4. The van der Waals surface area contributed by atoms with Crippen LogP contribution < -0.4 is 0 Å². The lowest BCUT2D eigenvalue weighted by Gasteiger charge is -2.56. The third kappa shape index (κ3) is 1.21. The van der Waals surface area contributed by atoms with E-state index in [1.165, 1.54) is 49.3 Å². The molecule has 2 aliphatic heterocycles. The molecule has 5 atom stereocenters. The first-order valence-electron chi connectivity index (χ1n) is 6.71. The molecule has 3 rings (SSSR count). The van der Waals surface area contributed by atoms with E-state index in [0.717, 1.165) is 11.3 Å². The first-order valence-corrected chi connectivity index (χ1v) is 9.05. The summed E-state index contributed by atoms with van der Waals surface area (Å²) in [5.74, 6) is 3.81. The van der Waals surface area contributed by atoms with Gasteiger partial charge >= 0.3 is 0 Å². The summed E-state index contributed by atoms with van der Waals surface area (Å²) in [5.41, 5.74) is 0. The van der Waals surface area contributed by atoms with Gasteiger partial charge in [-0.1, -0.05) is 26.7 Å². The van der Waals surface area contributed by atoms with Gasteiger partial charge in [0.1, 0.15) is 0 Å². The molecule has 0 N–H and O–H groups in total. The van der Waals surface area contributed by atoms with Crippen molar-refractivity contribution in [2.45, 2.75) is 43.7 Å². The molecule has 2 heterocycles. The van der Waals surface area contributed by atoms with Gasteiger partial charge in [0.2, 0.25) is 0 Å². The van der Waals surface area contributed by atoms with E-state index in [1.807, 2.05) is 0 Å². The van der Waals surface area contributed by atoms with Crippen molar-refractivity contribution in [2.24, 2.45) is 11.8 Å². The van der Waals surface area contributed by atoms with E-state index in [1.54, 1.807) is 0 Å². The van der Waals surface area contributed by atoms with Gasteiger partial charge in [0, 0.05) is 11.9 Å². The van der Waals surface area contributed by atoms with Gasteiger partial charge in [-0.3, -0.25) is 4.90 Å². The van der Waals surface area contributed by atoms with Gasteiger partial charge in [-0.05, 0) is 42.1 Å². The highest BCUT2D eigenvalue weighted by molar-refractivity contribution is 8.35. The average Bonchev–Trinajstić information content (AvgIpc) is 2.76. The van der Waals surface area contributed by atoms with E-state index in [-0.39, 0.29) is 10.0 Å². The van der Waals surface area contributed by atoms with Crippen LogP contribution in [-0.2, 0) is 0 Å². The fourth-order valence-electron chi connectivity index (χ4n) is 4.26. The lowest BCUT2D eigenvalue weighted by atomic mass is 10.2. The smallest absolute Gasteiger partial charge is 0.0446 e. The molecule has 1 saturated carbocycles. The Labute approximate surface area is 95.9 Å². The molecule has 0 spiro atoms. The maximum absolute atomic E-state index is 2.86. The Balaban J connectivity index is 1.60. The van der Waals surface area contributed by atoms with Crippen LogP contribution in [-0.4, -0.2) is 40.6 Å². The van der Waals surface area contributed by atoms with Crippen molar-refractivity contribution in [1.82, 2.24) is 4.90 Å². The van der Waals surface area contributed by atoms with Gasteiger partial charge < -0.3 is 0 Å². The number of hydrogen-bond donors (Lipinski definition) is 0. The minimum Gasteiger partial charge on any atom is -0.292 e. The number of rotatable bonds is 5. The van der Waals surface area contributed by atoms with E-state index in [4.69, 9.17) is 0 Å². The van der Waals surface area contributed by atoms with Crippen LogP contribution in [0.15, 0.2) is 0 Å². The molecule has 15 heavy (non-hydrogen) atoms. The lowest BCUT2D eigenvalue weighted by Crippen LogP contribution is -2.49. The van der Waals surface area contributed by atoms with Crippen molar-refractivity contribution >= 4 is 10.0 Å². The zero-order valence-corrected chi connectivity index (χ0v) is 11.2. The van der Waals surface area contributed by atoms with E-state index >= 15 is 0 Å². The Bertz CT molecular complexity index is 263. The molecule has 3 aliphatic rings. The summed E-state index contributed by atoms with van der Waals surface area (Å²) < 4.78 is 0. The molecule has 0 aromatic heterocycles. The van der Waals surface area contributed by atoms with Crippen LogP contribution in [0, 0.1) is 11.8 Å². The van der Waals surface area contributed by atoms with Crippen LogP contribution in [0.4, 0.5) is 0 Å². The zero-order chi connectivity index (χ0) is 10.6. The fourth-order valence-corrected chi connectivity index (χ4v) is 9.04. The number of unbranched alkanes of at least 4 members (excludes halogenated alkanes) is 2. The highest BCUT2D eigenvalue weighted by Gasteiger charge is 2.77. The summed E-state index contributed by atoms with van der Waals surface area (Å²) in [6.07, 6.45) is 6.87. The Morgan fingerprint density at radius 2 is 2.07 bits per heavy atom. The van der Waals surface area contributed by atoms with Crippen LogP contribution in [0.25, 0.3) is 0 Å². The number of piperidine rings is 1. The van der Waals surface area contributed by atoms with Crippen molar-refractivity contribution in [2.75, 3.05) is 25.1 Å². The van der Waals surface area contributed by atoms with Crippen molar-refractivity contribution in [3.05, 3.63) is 0 Å². The Hall–Kier alpha value is 0.310. The van der Waals surface area contributed by atoms with Crippen molar-refractivity contribution in [3.63, 3.8) is 0 Å². The molecule has 5 unspecified atom stereocenters. The van der Waals surface area contributed by atoms with Crippen molar-refractivity contribution in [1.29, 1.82) is 0 Å². The fraction of sp³-hybridized carbons (Fsp3) is 1.00. The molecule has 1 aliphatic carbocycles. The summed E-state index contributed by atoms with van der Waals surface area (Å²) in [5, 5.41) is 2.28. The number of hydrogen-bond acceptors (Lipinski definition) is 1. The van der Waals surface area contributed by atoms with E-state index in [2.05, 4.69) is 25.0 Å². The van der Waals surface area contributed by atoms with Crippen molar-refractivity contribution in [3.8, 4) is 0 Å². The molecule has 0 amide bonds. The Morgan fingerprint density at radius 3 is 2.67 bits per heavy atom. The molecular weight excluding hydrogens is 202 g/mol. The van der Waals surface area contributed by atoms with Crippen LogP contribution in [0.5, 0.6) is 0 Å². The topological polar surface area (TPSA) is 3.24 Å². The predicted octanol–water partition coefficient (Wildman–Crippen LogP) is 2.90. The molecule has 1 nitrogen and oxygen atoms in total. The van der Waals surface area contributed by atoms with Crippen LogP contribution in [0.3, 0.4) is 0 Å². The lowest BCUT2D eigenvalue weighted by molar-refractivity contribution is 0.258. The quantitative estimate of drug-likeness (QED) is 0.653. The first kappa shape index (κ1) is 10.5. The monoisotopic (exact) mass is 227 g/mol. The van der Waals surface area contributed by atoms with Gasteiger partial charge in [0.05, 0.1) is 0 Å². The van der Waals surface area contributed by atoms with Crippen LogP contribution in [0.2, 0.25) is 0 Å². The molecular formula is C13H25NS. The van der Waals surface area contributed by atoms with Gasteiger partial charge in [-0.2, -0.15) is 0 Å². The second kappa shape index (κ2) is 3.40. The summed E-state index contributed by atoms with van der Waals surface area (Å²) in [7, 11) is -0.183. The third-order valence-electron chi connectivity index (χ3n) is 5.13. The Morgan fingerprint density at radius 1 is 1.27 bits per heavy atom. The SMILES string of the molecule is CCCCCN1CC2C3C2S(C)(CC)C31. The van der Waals surface area contributed by atoms with Gasteiger partial charge in [0.15, 0.2) is 0 Å². The summed E-state index contributed by atoms with van der Waals surface area (Å²) in [4.78, 5) is 2.86. The number of nitrogens with zero attached hydrogens (tertiary/aromatic N) is 1. The molecule has 0 aromatic carbocycles. The number of likely N-dealkylation sites (tertiary alicyclic amines) is 1. The molecule has 88 valence electrons. The molecule has 2 heteroatoms.